The first-order valence-electron chi connectivity index (χ1n) is 8.51. The van der Waals surface area contributed by atoms with Crippen molar-refractivity contribution in [2.45, 2.75) is 12.8 Å². The van der Waals surface area contributed by atoms with E-state index in [1.165, 1.54) is 0 Å². The van der Waals surface area contributed by atoms with Gasteiger partial charge in [0.2, 0.25) is 5.88 Å². The van der Waals surface area contributed by atoms with Crippen molar-refractivity contribution in [3.63, 3.8) is 0 Å². The molecule has 0 fully saturated rings. The van der Waals surface area contributed by atoms with Gasteiger partial charge in [-0.1, -0.05) is 18.2 Å². The minimum absolute atomic E-state index is 0.0782. The van der Waals surface area contributed by atoms with E-state index in [1.54, 1.807) is 37.5 Å². The van der Waals surface area contributed by atoms with Crippen molar-refractivity contribution in [1.29, 1.82) is 0 Å². The monoisotopic (exact) mass is 363 g/mol. The van der Waals surface area contributed by atoms with Crippen molar-refractivity contribution in [2.24, 2.45) is 5.73 Å². The van der Waals surface area contributed by atoms with Gasteiger partial charge >= 0.3 is 5.97 Å². The van der Waals surface area contributed by atoms with Gasteiger partial charge in [-0.05, 0) is 30.7 Å². The fraction of sp³-hybridized carbons (Fsp3) is 0.150. The van der Waals surface area contributed by atoms with Crippen LogP contribution in [0.15, 0.2) is 65.0 Å². The first kappa shape index (κ1) is 16.8. The van der Waals surface area contributed by atoms with Crippen LogP contribution < -0.4 is 16.0 Å². The number of nitrogens with one attached hydrogen (secondary N) is 1. The normalized spacial score (nSPS) is 16.0. The zero-order valence-corrected chi connectivity index (χ0v) is 14.6. The van der Waals surface area contributed by atoms with Gasteiger partial charge in [-0.15, -0.1) is 0 Å². The molecule has 3 N–H and O–H groups in total. The Labute approximate surface area is 154 Å². The lowest BCUT2D eigenvalue weighted by Crippen LogP contribution is -2.32. The largest absolute Gasteiger partial charge is 0.462 e. The van der Waals surface area contributed by atoms with Crippen LogP contribution in [-0.4, -0.2) is 22.5 Å². The summed E-state index contributed by atoms with van der Waals surface area (Å²) in [6.45, 7) is 1.88. The van der Waals surface area contributed by atoms with E-state index >= 15 is 0 Å². The first-order valence-corrected chi connectivity index (χ1v) is 8.51. The summed E-state index contributed by atoms with van der Waals surface area (Å²) in [5.74, 6) is -1.10. The number of aromatic amines is 1. The van der Waals surface area contributed by atoms with Crippen LogP contribution in [0.25, 0.3) is 10.9 Å². The molecule has 1 aliphatic rings. The van der Waals surface area contributed by atoms with E-state index in [0.29, 0.717) is 27.8 Å². The fourth-order valence-electron chi connectivity index (χ4n) is 3.36. The lowest BCUT2D eigenvalue weighted by molar-refractivity contribution is -0.139. The molecule has 7 heteroatoms. The van der Waals surface area contributed by atoms with Gasteiger partial charge in [0.15, 0.2) is 0 Å². The molecule has 0 saturated heterocycles. The van der Waals surface area contributed by atoms with Gasteiger partial charge in [-0.3, -0.25) is 9.78 Å². The molecular weight excluding hydrogens is 346 g/mol. The van der Waals surface area contributed by atoms with Crippen molar-refractivity contribution in [2.75, 3.05) is 6.61 Å². The third-order valence-corrected chi connectivity index (χ3v) is 4.48. The Bertz CT molecular complexity index is 1120. The SMILES string of the molecule is CCOC(=O)C1=C(N)Oc2c(c(=O)[nH]c3ccccc23)[C@@H]1c1cccnc1. The lowest BCUT2D eigenvalue weighted by Gasteiger charge is -2.28. The number of pyridine rings is 2. The molecular formula is C20H17N3O4. The molecule has 27 heavy (non-hydrogen) atoms. The highest BCUT2D eigenvalue weighted by molar-refractivity contribution is 5.95. The van der Waals surface area contributed by atoms with Crippen LogP contribution in [0.4, 0.5) is 0 Å². The second-order valence-corrected chi connectivity index (χ2v) is 6.06. The molecule has 0 saturated carbocycles. The van der Waals surface area contributed by atoms with Gasteiger partial charge in [-0.2, -0.15) is 0 Å². The highest BCUT2D eigenvalue weighted by Crippen LogP contribution is 2.43. The van der Waals surface area contributed by atoms with Crippen LogP contribution in [-0.2, 0) is 9.53 Å². The number of carbonyl (C=O) groups is 1. The number of fused-ring (bicyclic) bond motifs is 3. The Hall–Kier alpha value is -3.61. The molecule has 0 aliphatic carbocycles. The lowest BCUT2D eigenvalue weighted by atomic mass is 9.83. The molecule has 3 aromatic rings. The van der Waals surface area contributed by atoms with Gasteiger partial charge in [-0.25, -0.2) is 4.79 Å². The van der Waals surface area contributed by atoms with E-state index in [9.17, 15) is 9.59 Å². The third-order valence-electron chi connectivity index (χ3n) is 4.48. The number of nitrogens with two attached hydrogens (primary N) is 1. The van der Waals surface area contributed by atoms with Crippen LogP contribution in [0.2, 0.25) is 0 Å². The smallest absolute Gasteiger partial charge is 0.340 e. The van der Waals surface area contributed by atoms with E-state index in [2.05, 4.69) is 9.97 Å². The molecule has 0 unspecified atom stereocenters. The Morgan fingerprint density at radius 1 is 1.30 bits per heavy atom. The summed E-state index contributed by atoms with van der Waals surface area (Å²) in [5.41, 5.74) is 7.43. The number of rotatable bonds is 3. The molecule has 1 aliphatic heterocycles. The van der Waals surface area contributed by atoms with Crippen molar-refractivity contribution in [3.05, 3.63) is 81.7 Å². The molecule has 0 spiro atoms. The predicted octanol–water partition coefficient (Wildman–Crippen LogP) is 2.18. The summed E-state index contributed by atoms with van der Waals surface area (Å²) in [5, 5.41) is 0.701. The number of ether oxygens (including phenoxy) is 2. The number of carbonyl (C=O) groups excluding carboxylic acids is 1. The molecule has 3 heterocycles. The zero-order chi connectivity index (χ0) is 19.0. The molecule has 1 aromatic carbocycles. The molecule has 4 rings (SSSR count). The quantitative estimate of drug-likeness (QED) is 0.691. The van der Waals surface area contributed by atoms with Gasteiger partial charge in [0, 0.05) is 17.8 Å². The van der Waals surface area contributed by atoms with Gasteiger partial charge in [0.05, 0.1) is 23.6 Å². The highest BCUT2D eigenvalue weighted by Gasteiger charge is 2.38. The van der Waals surface area contributed by atoms with Gasteiger partial charge in [0.1, 0.15) is 11.3 Å². The molecule has 7 nitrogen and oxygen atoms in total. The van der Waals surface area contributed by atoms with E-state index in [1.807, 2.05) is 18.2 Å². The summed E-state index contributed by atoms with van der Waals surface area (Å²) in [7, 11) is 0. The van der Waals surface area contributed by atoms with Crippen molar-refractivity contribution < 1.29 is 14.3 Å². The average molecular weight is 363 g/mol. The molecule has 0 radical (unpaired) electrons. The topological polar surface area (TPSA) is 107 Å². The maximum atomic E-state index is 12.9. The molecule has 136 valence electrons. The third kappa shape index (κ3) is 2.73. The number of H-pyrrole nitrogens is 1. The fourth-order valence-corrected chi connectivity index (χ4v) is 3.36. The molecule has 0 bridgehead atoms. The van der Waals surface area contributed by atoms with Gasteiger partial charge < -0.3 is 20.2 Å². The zero-order valence-electron chi connectivity index (χ0n) is 14.6. The number of para-hydroxylation sites is 1. The predicted molar refractivity (Wildman–Crippen MR) is 99.1 cm³/mol. The molecule has 0 amide bonds. The average Bonchev–Trinajstić information content (AvgIpc) is 2.68. The second-order valence-electron chi connectivity index (χ2n) is 6.06. The first-order chi connectivity index (χ1) is 13.1. The Morgan fingerprint density at radius 3 is 2.85 bits per heavy atom. The second kappa shape index (κ2) is 6.60. The minimum atomic E-state index is -0.741. The number of nitrogens with zero attached hydrogens (tertiary/aromatic N) is 1. The Morgan fingerprint density at radius 2 is 2.11 bits per heavy atom. The number of benzene rings is 1. The van der Waals surface area contributed by atoms with Crippen LogP contribution in [0, 0.1) is 0 Å². The number of aromatic nitrogens is 2. The Balaban J connectivity index is 2.04. The van der Waals surface area contributed by atoms with Crippen LogP contribution >= 0.6 is 0 Å². The van der Waals surface area contributed by atoms with Crippen LogP contribution in [0.5, 0.6) is 5.75 Å². The van der Waals surface area contributed by atoms with Gasteiger partial charge in [0.25, 0.3) is 5.56 Å². The Kier molecular flexibility index (Phi) is 4.12. The summed E-state index contributed by atoms with van der Waals surface area (Å²) >= 11 is 0. The standard InChI is InChI=1S/C20H17N3O4/c1-2-26-20(25)16-14(11-6-5-9-22-10-11)15-17(27-18(16)21)12-7-3-4-8-13(12)23-19(15)24/h3-10,14H,2,21H2,1H3,(H,23,24)/t14-/m0/s1. The summed E-state index contributed by atoms with van der Waals surface area (Å²) in [4.78, 5) is 32.5. The molecule has 1 atom stereocenters. The minimum Gasteiger partial charge on any atom is -0.462 e. The van der Waals surface area contributed by atoms with Crippen LogP contribution in [0.3, 0.4) is 0 Å². The van der Waals surface area contributed by atoms with E-state index < -0.39 is 11.9 Å². The van der Waals surface area contributed by atoms with Crippen molar-refractivity contribution in [1.82, 2.24) is 9.97 Å². The van der Waals surface area contributed by atoms with E-state index in [-0.39, 0.29) is 23.6 Å². The van der Waals surface area contributed by atoms with E-state index in [0.717, 1.165) is 0 Å². The number of esters is 1. The number of hydrogen-bond acceptors (Lipinski definition) is 6. The van der Waals surface area contributed by atoms with Crippen molar-refractivity contribution >= 4 is 16.9 Å². The highest BCUT2D eigenvalue weighted by atomic mass is 16.5. The number of hydrogen-bond donors (Lipinski definition) is 2. The van der Waals surface area contributed by atoms with Crippen molar-refractivity contribution in [3.8, 4) is 5.75 Å². The summed E-state index contributed by atoms with van der Waals surface area (Å²) < 4.78 is 10.9. The summed E-state index contributed by atoms with van der Waals surface area (Å²) in [6.07, 6.45) is 3.21. The summed E-state index contributed by atoms with van der Waals surface area (Å²) in [6, 6.07) is 10.8. The molecule has 2 aromatic heterocycles. The maximum absolute atomic E-state index is 12.9. The van der Waals surface area contributed by atoms with Crippen LogP contribution in [0.1, 0.15) is 24.0 Å². The van der Waals surface area contributed by atoms with E-state index in [4.69, 9.17) is 15.2 Å². The maximum Gasteiger partial charge on any atom is 0.340 e.